The first-order valence-corrected chi connectivity index (χ1v) is 6.68. The van der Waals surface area contributed by atoms with Crippen LogP contribution in [-0.2, 0) is 6.42 Å². The molecule has 2 aromatic heterocycles. The summed E-state index contributed by atoms with van der Waals surface area (Å²) in [6.45, 7) is 7.76. The predicted octanol–water partition coefficient (Wildman–Crippen LogP) is 1.09. The fraction of sp³-hybridized carbons (Fsp3) is 0.500. The van der Waals surface area contributed by atoms with Crippen molar-refractivity contribution in [1.29, 1.82) is 0 Å². The van der Waals surface area contributed by atoms with Gasteiger partial charge in [0.05, 0.1) is 11.7 Å². The zero-order valence-electron chi connectivity index (χ0n) is 10.9. The minimum absolute atomic E-state index is 1.03. The van der Waals surface area contributed by atoms with Gasteiger partial charge in [-0.05, 0) is 24.6 Å². The number of nitrogens with one attached hydrogen (secondary N) is 1. The van der Waals surface area contributed by atoms with Crippen molar-refractivity contribution < 1.29 is 0 Å². The van der Waals surface area contributed by atoms with Crippen molar-refractivity contribution >= 4 is 5.52 Å². The Balaban J connectivity index is 1.70. The molecule has 0 spiro atoms. The maximum Gasteiger partial charge on any atom is 0.114 e. The molecular formula is C14H20N4. The zero-order valence-corrected chi connectivity index (χ0v) is 10.9. The molecule has 0 amide bonds. The Hall–Kier alpha value is -1.39. The van der Waals surface area contributed by atoms with Gasteiger partial charge in [-0.1, -0.05) is 0 Å². The average Bonchev–Trinajstić information content (AvgIpc) is 2.80. The molecule has 1 aliphatic rings. The summed E-state index contributed by atoms with van der Waals surface area (Å²) in [4.78, 5) is 7.05. The van der Waals surface area contributed by atoms with Gasteiger partial charge in [0.25, 0.3) is 0 Å². The molecule has 0 saturated carbocycles. The van der Waals surface area contributed by atoms with Gasteiger partial charge in [-0.3, -0.25) is 0 Å². The highest BCUT2D eigenvalue weighted by atomic mass is 15.2. The molecule has 0 aliphatic carbocycles. The van der Waals surface area contributed by atoms with E-state index in [1.165, 1.54) is 16.9 Å². The summed E-state index contributed by atoms with van der Waals surface area (Å²) in [6.07, 6.45) is 5.13. The minimum Gasteiger partial charge on any atom is -0.314 e. The minimum atomic E-state index is 1.03. The van der Waals surface area contributed by atoms with Gasteiger partial charge < -0.3 is 14.6 Å². The van der Waals surface area contributed by atoms with Crippen molar-refractivity contribution in [2.45, 2.75) is 13.3 Å². The Morgan fingerprint density at radius 2 is 2.17 bits per heavy atom. The zero-order chi connectivity index (χ0) is 12.4. The summed E-state index contributed by atoms with van der Waals surface area (Å²) in [7, 11) is 0. The number of aromatic nitrogens is 2. The quantitative estimate of drug-likeness (QED) is 0.877. The van der Waals surface area contributed by atoms with Crippen LogP contribution in [0.3, 0.4) is 0 Å². The molecule has 0 aromatic carbocycles. The third-order valence-electron chi connectivity index (χ3n) is 3.63. The van der Waals surface area contributed by atoms with E-state index in [2.05, 4.69) is 44.9 Å². The van der Waals surface area contributed by atoms with Crippen LogP contribution >= 0.6 is 0 Å². The summed E-state index contributed by atoms with van der Waals surface area (Å²) in [6, 6.07) is 4.32. The number of hydrogen-bond acceptors (Lipinski definition) is 3. The Kier molecular flexibility index (Phi) is 3.30. The summed E-state index contributed by atoms with van der Waals surface area (Å²) in [5, 5.41) is 3.38. The molecule has 2 aromatic rings. The van der Waals surface area contributed by atoms with Crippen LogP contribution in [0.1, 0.15) is 11.4 Å². The fourth-order valence-corrected chi connectivity index (χ4v) is 2.54. The van der Waals surface area contributed by atoms with E-state index < -0.39 is 0 Å². The lowest BCUT2D eigenvalue weighted by atomic mass is 10.3. The van der Waals surface area contributed by atoms with Crippen molar-refractivity contribution in [1.82, 2.24) is 19.6 Å². The molecule has 1 aliphatic heterocycles. The van der Waals surface area contributed by atoms with Crippen LogP contribution < -0.4 is 5.32 Å². The van der Waals surface area contributed by atoms with E-state index in [0.717, 1.165) is 39.1 Å². The third-order valence-corrected chi connectivity index (χ3v) is 3.63. The van der Waals surface area contributed by atoms with Crippen molar-refractivity contribution in [2.24, 2.45) is 0 Å². The molecule has 1 saturated heterocycles. The lowest BCUT2D eigenvalue weighted by Crippen LogP contribution is -2.44. The Morgan fingerprint density at radius 1 is 1.33 bits per heavy atom. The molecule has 18 heavy (non-hydrogen) atoms. The summed E-state index contributed by atoms with van der Waals surface area (Å²) in [5.74, 6) is 1.17. The molecule has 1 N–H and O–H groups in total. The molecule has 3 rings (SSSR count). The first-order valence-electron chi connectivity index (χ1n) is 6.68. The Labute approximate surface area is 108 Å². The van der Waals surface area contributed by atoms with Crippen molar-refractivity contribution in [2.75, 3.05) is 32.7 Å². The first-order chi connectivity index (χ1) is 8.83. The smallest absolute Gasteiger partial charge is 0.114 e. The molecule has 0 unspecified atom stereocenters. The predicted molar refractivity (Wildman–Crippen MR) is 72.9 cm³/mol. The molecule has 3 heterocycles. The van der Waals surface area contributed by atoms with E-state index in [4.69, 9.17) is 0 Å². The van der Waals surface area contributed by atoms with Crippen LogP contribution in [0.5, 0.6) is 0 Å². The molecule has 96 valence electrons. The SMILES string of the molecule is Cc1ccn2c(CCN3CCNCC3)ncc2c1. The Bertz CT molecular complexity index is 526. The fourth-order valence-electron chi connectivity index (χ4n) is 2.54. The van der Waals surface area contributed by atoms with Crippen molar-refractivity contribution in [3.8, 4) is 0 Å². The Morgan fingerprint density at radius 3 is 3.00 bits per heavy atom. The second-order valence-electron chi connectivity index (χ2n) is 5.02. The first kappa shape index (κ1) is 11.7. The number of imidazole rings is 1. The van der Waals surface area contributed by atoms with E-state index in [1.807, 2.05) is 6.20 Å². The van der Waals surface area contributed by atoms with Gasteiger partial charge in [-0.15, -0.1) is 0 Å². The summed E-state index contributed by atoms with van der Waals surface area (Å²) >= 11 is 0. The lowest BCUT2D eigenvalue weighted by molar-refractivity contribution is 0.242. The number of nitrogens with zero attached hydrogens (tertiary/aromatic N) is 3. The highest BCUT2D eigenvalue weighted by Crippen LogP contribution is 2.10. The number of rotatable bonds is 3. The normalized spacial score (nSPS) is 17.4. The second-order valence-corrected chi connectivity index (χ2v) is 5.02. The third kappa shape index (κ3) is 2.40. The van der Waals surface area contributed by atoms with Crippen LogP contribution in [0, 0.1) is 6.92 Å². The lowest BCUT2D eigenvalue weighted by Gasteiger charge is -2.26. The molecule has 4 heteroatoms. The standard InChI is InChI=1S/C14H20N4/c1-12-2-7-18-13(10-12)11-16-14(18)3-6-17-8-4-15-5-9-17/h2,7,10-11,15H,3-6,8-9H2,1H3. The van der Waals surface area contributed by atoms with Crippen LogP contribution in [0.2, 0.25) is 0 Å². The van der Waals surface area contributed by atoms with E-state index in [-0.39, 0.29) is 0 Å². The van der Waals surface area contributed by atoms with E-state index in [0.29, 0.717) is 0 Å². The van der Waals surface area contributed by atoms with Gasteiger partial charge in [0.1, 0.15) is 5.82 Å². The van der Waals surface area contributed by atoms with Gasteiger partial charge in [-0.25, -0.2) is 4.98 Å². The summed E-state index contributed by atoms with van der Waals surface area (Å²) < 4.78 is 2.20. The maximum absolute atomic E-state index is 4.54. The van der Waals surface area contributed by atoms with Gasteiger partial charge in [0, 0.05) is 45.3 Å². The van der Waals surface area contributed by atoms with Gasteiger partial charge >= 0.3 is 0 Å². The van der Waals surface area contributed by atoms with Crippen molar-refractivity contribution in [3.05, 3.63) is 35.9 Å². The van der Waals surface area contributed by atoms with Crippen LogP contribution in [-0.4, -0.2) is 47.0 Å². The molecule has 0 radical (unpaired) electrons. The highest BCUT2D eigenvalue weighted by Gasteiger charge is 2.10. The van der Waals surface area contributed by atoms with E-state index in [9.17, 15) is 0 Å². The molecule has 0 atom stereocenters. The average molecular weight is 244 g/mol. The number of fused-ring (bicyclic) bond motifs is 1. The number of aryl methyl sites for hydroxylation is 1. The molecular weight excluding hydrogens is 224 g/mol. The largest absolute Gasteiger partial charge is 0.314 e. The number of pyridine rings is 1. The topological polar surface area (TPSA) is 32.6 Å². The van der Waals surface area contributed by atoms with Crippen LogP contribution in [0.4, 0.5) is 0 Å². The monoisotopic (exact) mass is 244 g/mol. The maximum atomic E-state index is 4.54. The van der Waals surface area contributed by atoms with Crippen LogP contribution in [0.25, 0.3) is 5.52 Å². The van der Waals surface area contributed by atoms with E-state index >= 15 is 0 Å². The molecule has 0 bridgehead atoms. The molecule has 4 nitrogen and oxygen atoms in total. The molecule has 1 fully saturated rings. The van der Waals surface area contributed by atoms with Crippen LogP contribution in [0.15, 0.2) is 24.5 Å². The number of piperazine rings is 1. The van der Waals surface area contributed by atoms with Gasteiger partial charge in [0.15, 0.2) is 0 Å². The van der Waals surface area contributed by atoms with Gasteiger partial charge in [0.2, 0.25) is 0 Å². The second kappa shape index (κ2) is 5.08. The number of hydrogen-bond donors (Lipinski definition) is 1. The van der Waals surface area contributed by atoms with E-state index in [1.54, 1.807) is 0 Å². The summed E-state index contributed by atoms with van der Waals surface area (Å²) in [5.41, 5.74) is 2.49. The van der Waals surface area contributed by atoms with Gasteiger partial charge in [-0.2, -0.15) is 0 Å². The highest BCUT2D eigenvalue weighted by molar-refractivity contribution is 5.48. The van der Waals surface area contributed by atoms with Crippen molar-refractivity contribution in [3.63, 3.8) is 0 Å².